The number of para-hydroxylation sites is 1. The van der Waals surface area contributed by atoms with Crippen molar-refractivity contribution >= 4 is 39.0 Å². The minimum Gasteiger partial charge on any atom is -0.454 e. The predicted molar refractivity (Wildman–Crippen MR) is 183 cm³/mol. The molecule has 0 aliphatic rings. The standard InChI is InChI=1S/C41H28N2O/c1-3-9-29(10-4-1)30-15-20-34(21-16-30)43(39-14-8-7-13-36(39)32-11-5-2-6-12-32)35-22-17-31(18-23-35)33-19-24-37-38-25-26-42-28-41(38)44-40(37)27-33/h1-28H. The second-order valence-electron chi connectivity index (χ2n) is 10.9. The van der Waals surface area contributed by atoms with Gasteiger partial charge in [-0.25, -0.2) is 0 Å². The molecule has 6 aromatic carbocycles. The molecule has 0 fully saturated rings. The molecule has 44 heavy (non-hydrogen) atoms. The van der Waals surface area contributed by atoms with Gasteiger partial charge in [0.05, 0.1) is 11.9 Å². The third-order valence-corrected chi connectivity index (χ3v) is 8.20. The Bertz CT molecular complexity index is 2200. The van der Waals surface area contributed by atoms with Gasteiger partial charge in [-0.2, -0.15) is 0 Å². The Balaban J connectivity index is 1.22. The van der Waals surface area contributed by atoms with Crippen molar-refractivity contribution in [3.05, 3.63) is 170 Å². The highest BCUT2D eigenvalue weighted by Gasteiger charge is 2.17. The molecule has 8 aromatic rings. The van der Waals surface area contributed by atoms with E-state index in [1.54, 1.807) is 12.4 Å². The molecule has 0 saturated carbocycles. The lowest BCUT2D eigenvalue weighted by atomic mass is 10.00. The molecule has 2 heterocycles. The van der Waals surface area contributed by atoms with Gasteiger partial charge in [0.2, 0.25) is 0 Å². The van der Waals surface area contributed by atoms with Crippen molar-refractivity contribution in [2.75, 3.05) is 4.90 Å². The van der Waals surface area contributed by atoms with Crippen molar-refractivity contribution in [3.8, 4) is 33.4 Å². The number of furan rings is 1. The van der Waals surface area contributed by atoms with Crippen molar-refractivity contribution in [2.24, 2.45) is 0 Å². The summed E-state index contributed by atoms with van der Waals surface area (Å²) in [6.45, 7) is 0. The molecule has 0 unspecified atom stereocenters. The Labute approximate surface area is 256 Å². The summed E-state index contributed by atoms with van der Waals surface area (Å²) in [5.41, 5.74) is 12.0. The highest BCUT2D eigenvalue weighted by Crippen LogP contribution is 2.42. The summed E-state index contributed by atoms with van der Waals surface area (Å²) in [6, 6.07) is 55.8. The molecule has 0 amide bonds. The van der Waals surface area contributed by atoms with E-state index in [9.17, 15) is 0 Å². The molecule has 8 rings (SSSR count). The summed E-state index contributed by atoms with van der Waals surface area (Å²) < 4.78 is 6.12. The number of hydrogen-bond acceptors (Lipinski definition) is 3. The molecule has 0 aliphatic heterocycles. The molecule has 0 radical (unpaired) electrons. The van der Waals surface area contributed by atoms with E-state index in [2.05, 4.69) is 162 Å². The summed E-state index contributed by atoms with van der Waals surface area (Å²) in [4.78, 5) is 6.56. The molecule has 0 atom stereocenters. The lowest BCUT2D eigenvalue weighted by Gasteiger charge is -2.28. The largest absolute Gasteiger partial charge is 0.454 e. The normalized spacial score (nSPS) is 11.2. The molecule has 208 valence electrons. The number of aromatic nitrogens is 1. The smallest absolute Gasteiger partial charge is 0.153 e. The van der Waals surface area contributed by atoms with Gasteiger partial charge >= 0.3 is 0 Å². The van der Waals surface area contributed by atoms with Crippen LogP contribution in [0.25, 0.3) is 55.3 Å². The fourth-order valence-electron chi connectivity index (χ4n) is 6.01. The van der Waals surface area contributed by atoms with E-state index in [4.69, 9.17) is 4.42 Å². The first kappa shape index (κ1) is 25.8. The molecule has 3 heteroatoms. The maximum atomic E-state index is 6.12. The Kier molecular flexibility index (Phi) is 6.47. The van der Waals surface area contributed by atoms with E-state index < -0.39 is 0 Å². The lowest BCUT2D eigenvalue weighted by Crippen LogP contribution is -2.11. The zero-order valence-corrected chi connectivity index (χ0v) is 24.0. The third-order valence-electron chi connectivity index (χ3n) is 8.20. The summed E-state index contributed by atoms with van der Waals surface area (Å²) in [7, 11) is 0. The van der Waals surface area contributed by atoms with Crippen LogP contribution in [0.2, 0.25) is 0 Å². The first-order chi connectivity index (χ1) is 21.8. The fourth-order valence-corrected chi connectivity index (χ4v) is 6.01. The van der Waals surface area contributed by atoms with Crippen LogP contribution in [0.3, 0.4) is 0 Å². The minimum absolute atomic E-state index is 0.806. The predicted octanol–water partition coefficient (Wildman–Crippen LogP) is 11.5. The maximum Gasteiger partial charge on any atom is 0.153 e. The number of anilines is 3. The quantitative estimate of drug-likeness (QED) is 0.201. The molecule has 0 N–H and O–H groups in total. The number of fused-ring (bicyclic) bond motifs is 3. The molecular formula is C41H28N2O. The molecule has 0 bridgehead atoms. The molecular weight excluding hydrogens is 536 g/mol. The Morgan fingerprint density at radius 3 is 1.68 bits per heavy atom. The van der Waals surface area contributed by atoms with Crippen LogP contribution in [0.15, 0.2) is 175 Å². The van der Waals surface area contributed by atoms with E-state index >= 15 is 0 Å². The van der Waals surface area contributed by atoms with Crippen molar-refractivity contribution < 1.29 is 4.42 Å². The first-order valence-electron chi connectivity index (χ1n) is 14.8. The summed E-state index contributed by atoms with van der Waals surface area (Å²) in [5.74, 6) is 0. The van der Waals surface area contributed by atoms with Crippen LogP contribution in [0.4, 0.5) is 17.1 Å². The van der Waals surface area contributed by atoms with Crippen molar-refractivity contribution in [2.45, 2.75) is 0 Å². The van der Waals surface area contributed by atoms with Gasteiger partial charge in [-0.3, -0.25) is 4.98 Å². The first-order valence-corrected chi connectivity index (χ1v) is 14.8. The number of hydrogen-bond donors (Lipinski definition) is 0. The van der Waals surface area contributed by atoms with Gasteiger partial charge in [-0.05, 0) is 76.3 Å². The van der Waals surface area contributed by atoms with Gasteiger partial charge in [0.25, 0.3) is 0 Å². The zero-order chi connectivity index (χ0) is 29.3. The highest BCUT2D eigenvalue weighted by molar-refractivity contribution is 6.05. The van der Waals surface area contributed by atoms with E-state index in [0.717, 1.165) is 50.1 Å². The van der Waals surface area contributed by atoms with Gasteiger partial charge in [0.15, 0.2) is 5.58 Å². The van der Waals surface area contributed by atoms with E-state index in [1.807, 2.05) is 6.07 Å². The fraction of sp³-hybridized carbons (Fsp3) is 0. The summed E-state index contributed by atoms with van der Waals surface area (Å²) >= 11 is 0. The second-order valence-corrected chi connectivity index (χ2v) is 10.9. The van der Waals surface area contributed by atoms with Crippen molar-refractivity contribution in [1.82, 2.24) is 4.98 Å². The number of pyridine rings is 1. The van der Waals surface area contributed by atoms with Crippen molar-refractivity contribution in [3.63, 3.8) is 0 Å². The number of nitrogens with zero attached hydrogens (tertiary/aromatic N) is 2. The Morgan fingerprint density at radius 1 is 0.432 bits per heavy atom. The highest BCUT2D eigenvalue weighted by atomic mass is 16.3. The van der Waals surface area contributed by atoms with Gasteiger partial charge < -0.3 is 9.32 Å². The monoisotopic (exact) mass is 564 g/mol. The Hall–Kier alpha value is -5.93. The Morgan fingerprint density at radius 2 is 0.977 bits per heavy atom. The van der Waals surface area contributed by atoms with E-state index in [0.29, 0.717) is 0 Å². The van der Waals surface area contributed by atoms with Crippen molar-refractivity contribution in [1.29, 1.82) is 0 Å². The van der Waals surface area contributed by atoms with Gasteiger partial charge in [-0.1, -0.05) is 109 Å². The van der Waals surface area contributed by atoms with Gasteiger partial charge in [0, 0.05) is 33.9 Å². The minimum atomic E-state index is 0.806. The number of rotatable bonds is 6. The van der Waals surface area contributed by atoms with Crippen LogP contribution in [-0.2, 0) is 0 Å². The topological polar surface area (TPSA) is 29.3 Å². The molecule has 0 spiro atoms. The second kappa shape index (κ2) is 11.0. The number of benzene rings is 6. The molecule has 0 saturated heterocycles. The van der Waals surface area contributed by atoms with Crippen LogP contribution < -0.4 is 4.90 Å². The van der Waals surface area contributed by atoms with Gasteiger partial charge in [0.1, 0.15) is 5.58 Å². The average Bonchev–Trinajstić information content (AvgIpc) is 3.48. The van der Waals surface area contributed by atoms with Crippen LogP contribution in [0.1, 0.15) is 0 Å². The lowest BCUT2D eigenvalue weighted by molar-refractivity contribution is 0.667. The van der Waals surface area contributed by atoms with E-state index in [-0.39, 0.29) is 0 Å². The maximum absolute atomic E-state index is 6.12. The zero-order valence-electron chi connectivity index (χ0n) is 24.0. The van der Waals surface area contributed by atoms with E-state index in [1.165, 1.54) is 22.3 Å². The molecule has 0 aliphatic carbocycles. The van der Waals surface area contributed by atoms with Gasteiger partial charge in [-0.15, -0.1) is 0 Å². The third kappa shape index (κ3) is 4.71. The molecule has 3 nitrogen and oxygen atoms in total. The summed E-state index contributed by atoms with van der Waals surface area (Å²) in [5, 5.41) is 2.19. The van der Waals surface area contributed by atoms with Crippen LogP contribution >= 0.6 is 0 Å². The summed E-state index contributed by atoms with van der Waals surface area (Å²) in [6.07, 6.45) is 3.58. The molecule has 2 aromatic heterocycles. The SMILES string of the molecule is c1ccc(-c2ccc(N(c3ccc(-c4ccc5c(c4)oc4cnccc45)cc3)c3ccccc3-c3ccccc3)cc2)cc1. The van der Waals surface area contributed by atoms with Crippen LogP contribution in [-0.4, -0.2) is 4.98 Å². The van der Waals surface area contributed by atoms with Crippen LogP contribution in [0, 0.1) is 0 Å². The van der Waals surface area contributed by atoms with Crippen LogP contribution in [0.5, 0.6) is 0 Å². The average molecular weight is 565 g/mol.